The summed E-state index contributed by atoms with van der Waals surface area (Å²) < 4.78 is 5.34. The fourth-order valence-corrected chi connectivity index (χ4v) is 2.72. The predicted octanol–water partition coefficient (Wildman–Crippen LogP) is 1.34. The SMILES string of the molecule is COCC1(CNC(=O)C2CCC2)CCNCC1.Cl. The van der Waals surface area contributed by atoms with Crippen LogP contribution in [0, 0.1) is 11.3 Å². The number of amides is 1. The lowest BCUT2D eigenvalue weighted by atomic mass is 9.79. The third-order valence-corrected chi connectivity index (χ3v) is 4.23. The normalized spacial score (nSPS) is 22.7. The van der Waals surface area contributed by atoms with Crippen molar-refractivity contribution in [1.29, 1.82) is 0 Å². The molecule has 0 aromatic heterocycles. The van der Waals surface area contributed by atoms with Crippen molar-refractivity contribution in [2.24, 2.45) is 11.3 Å². The maximum absolute atomic E-state index is 11.8. The Kier molecular flexibility index (Phi) is 6.39. The molecule has 0 aromatic rings. The molecule has 2 rings (SSSR count). The summed E-state index contributed by atoms with van der Waals surface area (Å²) >= 11 is 0. The number of methoxy groups -OCH3 is 1. The van der Waals surface area contributed by atoms with Crippen LogP contribution < -0.4 is 10.6 Å². The molecule has 106 valence electrons. The van der Waals surface area contributed by atoms with Gasteiger partial charge in [-0.25, -0.2) is 0 Å². The van der Waals surface area contributed by atoms with E-state index in [-0.39, 0.29) is 29.6 Å². The van der Waals surface area contributed by atoms with Crippen LogP contribution in [-0.4, -0.2) is 39.3 Å². The van der Waals surface area contributed by atoms with E-state index < -0.39 is 0 Å². The van der Waals surface area contributed by atoms with Gasteiger partial charge in [-0.15, -0.1) is 12.4 Å². The van der Waals surface area contributed by atoms with E-state index in [1.54, 1.807) is 7.11 Å². The van der Waals surface area contributed by atoms with Crippen LogP contribution >= 0.6 is 12.4 Å². The molecule has 1 aliphatic heterocycles. The second-order valence-corrected chi connectivity index (χ2v) is 5.53. The Balaban J connectivity index is 0.00000162. The highest BCUT2D eigenvalue weighted by Crippen LogP contribution is 2.30. The molecule has 1 heterocycles. The van der Waals surface area contributed by atoms with Crippen LogP contribution in [0.5, 0.6) is 0 Å². The van der Waals surface area contributed by atoms with Gasteiger partial charge in [0.25, 0.3) is 0 Å². The van der Waals surface area contributed by atoms with E-state index in [1.165, 1.54) is 6.42 Å². The van der Waals surface area contributed by atoms with Gasteiger partial charge >= 0.3 is 0 Å². The van der Waals surface area contributed by atoms with E-state index in [2.05, 4.69) is 10.6 Å². The first-order valence-corrected chi connectivity index (χ1v) is 6.73. The zero-order valence-electron chi connectivity index (χ0n) is 11.2. The molecule has 0 bridgehead atoms. The first-order chi connectivity index (χ1) is 8.26. The number of hydrogen-bond donors (Lipinski definition) is 2. The van der Waals surface area contributed by atoms with Crippen molar-refractivity contribution in [2.75, 3.05) is 33.4 Å². The Hall–Kier alpha value is -0.320. The number of piperidine rings is 1. The van der Waals surface area contributed by atoms with Crippen molar-refractivity contribution >= 4 is 18.3 Å². The molecule has 2 fully saturated rings. The van der Waals surface area contributed by atoms with Crippen LogP contribution in [0.4, 0.5) is 0 Å². The lowest BCUT2D eigenvalue weighted by Crippen LogP contribution is -2.48. The topological polar surface area (TPSA) is 50.4 Å². The van der Waals surface area contributed by atoms with E-state index >= 15 is 0 Å². The summed E-state index contributed by atoms with van der Waals surface area (Å²) in [6.07, 6.45) is 5.54. The smallest absolute Gasteiger partial charge is 0.223 e. The molecular formula is C13H25ClN2O2. The molecule has 18 heavy (non-hydrogen) atoms. The number of hydrogen-bond acceptors (Lipinski definition) is 3. The maximum Gasteiger partial charge on any atom is 0.223 e. The highest BCUT2D eigenvalue weighted by atomic mass is 35.5. The minimum atomic E-state index is 0. The fraction of sp³-hybridized carbons (Fsp3) is 0.923. The van der Waals surface area contributed by atoms with Gasteiger partial charge in [0, 0.05) is 25.0 Å². The number of carbonyl (C=O) groups is 1. The first kappa shape index (κ1) is 15.7. The third-order valence-electron chi connectivity index (χ3n) is 4.23. The summed E-state index contributed by atoms with van der Waals surface area (Å²) in [4.78, 5) is 11.8. The Morgan fingerprint density at radius 1 is 1.39 bits per heavy atom. The molecule has 0 spiro atoms. The third kappa shape index (κ3) is 3.84. The monoisotopic (exact) mass is 276 g/mol. The average molecular weight is 277 g/mol. The second kappa shape index (κ2) is 7.31. The minimum Gasteiger partial charge on any atom is -0.384 e. The summed E-state index contributed by atoms with van der Waals surface area (Å²) in [5.41, 5.74) is 0.152. The average Bonchev–Trinajstić information content (AvgIpc) is 2.26. The molecule has 0 unspecified atom stereocenters. The van der Waals surface area contributed by atoms with Gasteiger partial charge in [0.05, 0.1) is 6.61 Å². The van der Waals surface area contributed by atoms with E-state index in [0.717, 1.165) is 51.9 Å². The molecule has 2 aliphatic rings. The highest BCUT2D eigenvalue weighted by molar-refractivity contribution is 5.85. The first-order valence-electron chi connectivity index (χ1n) is 6.73. The zero-order valence-corrected chi connectivity index (χ0v) is 12.0. The Morgan fingerprint density at radius 2 is 2.06 bits per heavy atom. The Labute approximate surface area is 116 Å². The molecule has 1 saturated heterocycles. The molecule has 0 radical (unpaired) electrons. The van der Waals surface area contributed by atoms with Crippen LogP contribution in [0.2, 0.25) is 0 Å². The number of nitrogens with one attached hydrogen (secondary N) is 2. The molecule has 4 nitrogen and oxygen atoms in total. The van der Waals surface area contributed by atoms with Crippen molar-refractivity contribution in [2.45, 2.75) is 32.1 Å². The summed E-state index contributed by atoms with van der Waals surface area (Å²) in [6, 6.07) is 0. The largest absolute Gasteiger partial charge is 0.384 e. The van der Waals surface area contributed by atoms with Crippen LogP contribution in [0.3, 0.4) is 0 Å². The van der Waals surface area contributed by atoms with Crippen molar-refractivity contribution in [3.63, 3.8) is 0 Å². The van der Waals surface area contributed by atoms with E-state index in [4.69, 9.17) is 4.74 Å². The number of ether oxygens (including phenoxy) is 1. The molecule has 1 aliphatic carbocycles. The highest BCUT2D eigenvalue weighted by Gasteiger charge is 2.34. The van der Waals surface area contributed by atoms with Gasteiger partial charge in [0.1, 0.15) is 0 Å². The Morgan fingerprint density at radius 3 is 2.56 bits per heavy atom. The van der Waals surface area contributed by atoms with Gasteiger partial charge in [0.2, 0.25) is 5.91 Å². The molecule has 0 atom stereocenters. The van der Waals surface area contributed by atoms with Crippen molar-refractivity contribution < 1.29 is 9.53 Å². The maximum atomic E-state index is 11.8. The van der Waals surface area contributed by atoms with E-state index in [9.17, 15) is 4.79 Å². The molecule has 1 saturated carbocycles. The van der Waals surface area contributed by atoms with Gasteiger partial charge in [-0.1, -0.05) is 6.42 Å². The Bertz CT molecular complexity index is 258. The molecular weight excluding hydrogens is 252 g/mol. The van der Waals surface area contributed by atoms with E-state index in [1.807, 2.05) is 0 Å². The van der Waals surface area contributed by atoms with Crippen LogP contribution in [-0.2, 0) is 9.53 Å². The van der Waals surface area contributed by atoms with Gasteiger partial charge in [0.15, 0.2) is 0 Å². The predicted molar refractivity (Wildman–Crippen MR) is 74.0 cm³/mol. The van der Waals surface area contributed by atoms with Gasteiger partial charge in [-0.2, -0.15) is 0 Å². The lowest BCUT2D eigenvalue weighted by molar-refractivity contribution is -0.128. The molecule has 0 aromatic carbocycles. The molecule has 1 amide bonds. The number of carbonyl (C=O) groups excluding carboxylic acids is 1. The standard InChI is InChI=1S/C13H24N2O2.ClH/c1-17-10-13(5-7-14-8-6-13)9-15-12(16)11-3-2-4-11;/h11,14H,2-10H2,1H3,(H,15,16);1H. The second-order valence-electron chi connectivity index (χ2n) is 5.53. The van der Waals surface area contributed by atoms with Crippen molar-refractivity contribution in [3.8, 4) is 0 Å². The fourth-order valence-electron chi connectivity index (χ4n) is 2.72. The van der Waals surface area contributed by atoms with Crippen LogP contribution in [0.25, 0.3) is 0 Å². The van der Waals surface area contributed by atoms with Crippen molar-refractivity contribution in [3.05, 3.63) is 0 Å². The summed E-state index contributed by atoms with van der Waals surface area (Å²) in [5, 5.41) is 6.50. The molecule has 5 heteroatoms. The summed E-state index contributed by atoms with van der Waals surface area (Å²) in [7, 11) is 1.75. The van der Waals surface area contributed by atoms with Gasteiger partial charge < -0.3 is 15.4 Å². The zero-order chi connectivity index (χ0) is 12.1. The number of halogens is 1. The summed E-state index contributed by atoms with van der Waals surface area (Å²) in [5.74, 6) is 0.543. The summed E-state index contributed by atoms with van der Waals surface area (Å²) in [6.45, 7) is 3.59. The van der Waals surface area contributed by atoms with Crippen molar-refractivity contribution in [1.82, 2.24) is 10.6 Å². The van der Waals surface area contributed by atoms with Crippen LogP contribution in [0.1, 0.15) is 32.1 Å². The lowest BCUT2D eigenvalue weighted by Gasteiger charge is -2.38. The van der Waals surface area contributed by atoms with Gasteiger partial charge in [-0.3, -0.25) is 4.79 Å². The quantitative estimate of drug-likeness (QED) is 0.797. The van der Waals surface area contributed by atoms with E-state index in [0.29, 0.717) is 0 Å². The van der Waals surface area contributed by atoms with Gasteiger partial charge in [-0.05, 0) is 38.8 Å². The number of rotatable bonds is 5. The molecule has 2 N–H and O–H groups in total. The minimum absolute atomic E-state index is 0. The van der Waals surface area contributed by atoms with Crippen LogP contribution in [0.15, 0.2) is 0 Å².